The van der Waals surface area contributed by atoms with Gasteiger partial charge in [0.1, 0.15) is 6.04 Å². The quantitative estimate of drug-likeness (QED) is 0.569. The predicted octanol–water partition coefficient (Wildman–Crippen LogP) is 0.0932. The van der Waals surface area contributed by atoms with Gasteiger partial charge in [0.15, 0.2) is 0 Å². The highest BCUT2D eigenvalue weighted by Gasteiger charge is 2.20. The summed E-state index contributed by atoms with van der Waals surface area (Å²) in [6.45, 7) is 3.49. The monoisotopic (exact) mass is 202 g/mol. The van der Waals surface area contributed by atoms with Crippen molar-refractivity contribution < 1.29 is 14.7 Å². The van der Waals surface area contributed by atoms with Crippen LogP contribution in [0.4, 0.5) is 0 Å². The molecule has 1 unspecified atom stereocenters. The van der Waals surface area contributed by atoms with Gasteiger partial charge in [-0.3, -0.25) is 4.79 Å². The highest BCUT2D eigenvalue weighted by molar-refractivity contribution is 5.86. The van der Waals surface area contributed by atoms with Gasteiger partial charge in [-0.25, -0.2) is 4.79 Å². The van der Waals surface area contributed by atoms with Crippen LogP contribution in [0.5, 0.6) is 0 Å². The molecule has 0 aromatic rings. The maximum absolute atomic E-state index is 11.1. The Morgan fingerprint density at radius 2 is 2.07 bits per heavy atom. The summed E-state index contributed by atoms with van der Waals surface area (Å²) in [5.74, 6) is -1.43. The van der Waals surface area contributed by atoms with Crippen molar-refractivity contribution in [2.24, 2.45) is 5.73 Å². The molecule has 0 heterocycles. The second-order valence-corrected chi connectivity index (χ2v) is 3.33. The number of unbranched alkanes of at least 4 members (excludes halogenated alkanes) is 1. The van der Waals surface area contributed by atoms with Gasteiger partial charge in [0.05, 0.1) is 6.04 Å². The molecule has 0 saturated heterocycles. The summed E-state index contributed by atoms with van der Waals surface area (Å²) in [5, 5.41) is 11.2. The molecule has 0 aliphatic heterocycles. The summed E-state index contributed by atoms with van der Waals surface area (Å²) in [6, 6.07) is -1.48. The Kier molecular flexibility index (Phi) is 5.87. The molecule has 0 bridgehead atoms. The lowest BCUT2D eigenvalue weighted by Crippen LogP contribution is -2.47. The molecule has 0 spiro atoms. The summed E-state index contributed by atoms with van der Waals surface area (Å²) < 4.78 is 0. The maximum Gasteiger partial charge on any atom is 0.326 e. The number of carboxylic acids is 1. The molecule has 14 heavy (non-hydrogen) atoms. The third-order valence-electron chi connectivity index (χ3n) is 1.87. The first kappa shape index (κ1) is 12.9. The van der Waals surface area contributed by atoms with Crippen LogP contribution in [0.2, 0.25) is 0 Å². The van der Waals surface area contributed by atoms with Crippen LogP contribution in [0.25, 0.3) is 0 Å². The van der Waals surface area contributed by atoms with E-state index in [0.29, 0.717) is 6.42 Å². The number of rotatable bonds is 6. The van der Waals surface area contributed by atoms with Crippen LogP contribution < -0.4 is 11.1 Å². The van der Waals surface area contributed by atoms with Crippen LogP contribution in [-0.4, -0.2) is 29.1 Å². The van der Waals surface area contributed by atoms with E-state index in [1.807, 2.05) is 6.92 Å². The van der Waals surface area contributed by atoms with E-state index in [1.54, 1.807) is 0 Å². The number of carbonyl (C=O) groups excluding carboxylic acids is 1. The smallest absolute Gasteiger partial charge is 0.326 e. The zero-order chi connectivity index (χ0) is 11.1. The fourth-order valence-electron chi connectivity index (χ4n) is 0.969. The molecule has 82 valence electrons. The average molecular weight is 202 g/mol. The summed E-state index contributed by atoms with van der Waals surface area (Å²) in [6.07, 6.45) is 2.12. The van der Waals surface area contributed by atoms with Crippen molar-refractivity contribution >= 4 is 11.9 Å². The maximum atomic E-state index is 11.1. The number of hydrogen-bond donors (Lipinski definition) is 3. The van der Waals surface area contributed by atoms with Crippen molar-refractivity contribution in [1.82, 2.24) is 5.32 Å². The van der Waals surface area contributed by atoms with E-state index in [9.17, 15) is 9.59 Å². The molecule has 0 radical (unpaired) electrons. The average Bonchev–Trinajstić information content (AvgIpc) is 2.10. The van der Waals surface area contributed by atoms with Crippen LogP contribution in [0.1, 0.15) is 33.1 Å². The van der Waals surface area contributed by atoms with E-state index in [2.05, 4.69) is 5.32 Å². The molecule has 5 nitrogen and oxygen atoms in total. The van der Waals surface area contributed by atoms with E-state index >= 15 is 0 Å². The van der Waals surface area contributed by atoms with Gasteiger partial charge in [-0.05, 0) is 13.3 Å². The Labute approximate surface area is 83.7 Å². The van der Waals surface area contributed by atoms with Gasteiger partial charge in [-0.15, -0.1) is 0 Å². The zero-order valence-corrected chi connectivity index (χ0v) is 8.62. The molecule has 5 heteroatoms. The molecular weight excluding hydrogens is 184 g/mol. The van der Waals surface area contributed by atoms with E-state index in [0.717, 1.165) is 12.8 Å². The first-order valence-electron chi connectivity index (χ1n) is 4.77. The first-order valence-corrected chi connectivity index (χ1v) is 4.77. The second kappa shape index (κ2) is 6.37. The molecular formula is C9H18N2O3. The van der Waals surface area contributed by atoms with Crippen molar-refractivity contribution in [2.75, 3.05) is 0 Å². The SMILES string of the molecule is CCCCC(NC(=O)[C@H](C)N)C(=O)O. The summed E-state index contributed by atoms with van der Waals surface area (Å²) >= 11 is 0. The Bertz CT molecular complexity index is 204. The van der Waals surface area contributed by atoms with Gasteiger partial charge >= 0.3 is 5.97 Å². The fraction of sp³-hybridized carbons (Fsp3) is 0.778. The molecule has 0 aliphatic carbocycles. The Morgan fingerprint density at radius 1 is 1.50 bits per heavy atom. The lowest BCUT2D eigenvalue weighted by molar-refractivity contribution is -0.142. The molecule has 0 saturated carbocycles. The molecule has 2 atom stereocenters. The third kappa shape index (κ3) is 4.81. The van der Waals surface area contributed by atoms with Crippen molar-refractivity contribution in [3.63, 3.8) is 0 Å². The minimum absolute atomic E-state index is 0.423. The number of nitrogens with two attached hydrogens (primary N) is 1. The van der Waals surface area contributed by atoms with Gasteiger partial charge in [-0.2, -0.15) is 0 Å². The summed E-state index contributed by atoms with van der Waals surface area (Å²) in [4.78, 5) is 21.8. The number of aliphatic carboxylic acids is 1. The Hall–Kier alpha value is -1.10. The van der Waals surface area contributed by atoms with Crippen LogP contribution in [0, 0.1) is 0 Å². The largest absolute Gasteiger partial charge is 0.480 e. The van der Waals surface area contributed by atoms with Gasteiger partial charge in [0.25, 0.3) is 0 Å². The van der Waals surface area contributed by atoms with Crippen molar-refractivity contribution in [3.05, 3.63) is 0 Å². The lowest BCUT2D eigenvalue weighted by Gasteiger charge is -2.15. The Balaban J connectivity index is 4.09. The highest BCUT2D eigenvalue weighted by atomic mass is 16.4. The van der Waals surface area contributed by atoms with Gasteiger partial charge in [0.2, 0.25) is 5.91 Å². The minimum atomic E-state index is -1.01. The van der Waals surface area contributed by atoms with Crippen LogP contribution >= 0.6 is 0 Å². The van der Waals surface area contributed by atoms with Crippen molar-refractivity contribution in [1.29, 1.82) is 0 Å². The molecule has 0 aromatic carbocycles. The number of nitrogens with one attached hydrogen (secondary N) is 1. The Morgan fingerprint density at radius 3 is 2.43 bits per heavy atom. The van der Waals surface area contributed by atoms with Crippen LogP contribution in [-0.2, 0) is 9.59 Å². The van der Waals surface area contributed by atoms with E-state index in [4.69, 9.17) is 10.8 Å². The van der Waals surface area contributed by atoms with Crippen LogP contribution in [0.15, 0.2) is 0 Å². The highest BCUT2D eigenvalue weighted by Crippen LogP contribution is 2.00. The zero-order valence-electron chi connectivity index (χ0n) is 8.62. The number of carboxylic acid groups (broad SMARTS) is 1. The van der Waals surface area contributed by atoms with Gasteiger partial charge < -0.3 is 16.2 Å². The van der Waals surface area contributed by atoms with Crippen molar-refractivity contribution in [3.8, 4) is 0 Å². The summed E-state index contributed by atoms with van der Waals surface area (Å²) in [7, 11) is 0. The van der Waals surface area contributed by atoms with E-state index < -0.39 is 24.0 Å². The second-order valence-electron chi connectivity index (χ2n) is 3.33. The fourth-order valence-corrected chi connectivity index (χ4v) is 0.969. The van der Waals surface area contributed by atoms with Gasteiger partial charge in [0, 0.05) is 0 Å². The number of carbonyl (C=O) groups is 2. The first-order chi connectivity index (χ1) is 6.49. The standard InChI is InChI=1S/C9H18N2O3/c1-3-4-5-7(9(13)14)11-8(12)6(2)10/h6-7H,3-5,10H2,1-2H3,(H,11,12)(H,13,14)/t6-,7?/m0/s1. The van der Waals surface area contributed by atoms with Crippen molar-refractivity contribution in [2.45, 2.75) is 45.2 Å². The molecule has 0 rings (SSSR count). The normalized spacial score (nSPS) is 14.5. The van der Waals surface area contributed by atoms with E-state index in [-0.39, 0.29) is 0 Å². The topological polar surface area (TPSA) is 92.4 Å². The molecule has 1 amide bonds. The molecule has 0 fully saturated rings. The van der Waals surface area contributed by atoms with Gasteiger partial charge in [-0.1, -0.05) is 19.8 Å². The third-order valence-corrected chi connectivity index (χ3v) is 1.87. The molecule has 0 aliphatic rings. The summed E-state index contributed by atoms with van der Waals surface area (Å²) in [5.41, 5.74) is 5.31. The van der Waals surface area contributed by atoms with Crippen LogP contribution in [0.3, 0.4) is 0 Å². The molecule has 4 N–H and O–H groups in total. The minimum Gasteiger partial charge on any atom is -0.480 e. The number of amides is 1. The van der Waals surface area contributed by atoms with E-state index in [1.165, 1.54) is 6.92 Å². The molecule has 0 aromatic heterocycles. The number of hydrogen-bond acceptors (Lipinski definition) is 3. The predicted molar refractivity (Wildman–Crippen MR) is 52.7 cm³/mol. The lowest BCUT2D eigenvalue weighted by atomic mass is 10.1.